The molecule has 158 valence electrons. The van der Waals surface area contributed by atoms with Gasteiger partial charge in [-0.2, -0.15) is 10.1 Å². The lowest BCUT2D eigenvalue weighted by atomic mass is 10.1. The molecule has 31 heavy (non-hydrogen) atoms. The van der Waals surface area contributed by atoms with Crippen LogP contribution in [0, 0.1) is 13.8 Å². The zero-order valence-corrected chi connectivity index (χ0v) is 18.3. The summed E-state index contributed by atoms with van der Waals surface area (Å²) in [5.74, 6) is -0.00157. The van der Waals surface area contributed by atoms with E-state index in [1.165, 1.54) is 4.68 Å². The fourth-order valence-electron chi connectivity index (χ4n) is 3.12. The van der Waals surface area contributed by atoms with Crippen molar-refractivity contribution in [2.75, 3.05) is 0 Å². The number of halogens is 2. The molecular formula is C22H18Cl2N4O3. The molecule has 0 bridgehead atoms. The van der Waals surface area contributed by atoms with Gasteiger partial charge < -0.3 is 9.26 Å². The lowest BCUT2D eigenvalue weighted by Gasteiger charge is -2.06. The van der Waals surface area contributed by atoms with E-state index < -0.39 is 5.97 Å². The number of nitrogens with zero attached hydrogens (tertiary/aromatic N) is 4. The summed E-state index contributed by atoms with van der Waals surface area (Å²) in [5, 5.41) is 9.08. The first-order valence-corrected chi connectivity index (χ1v) is 10.2. The number of ether oxygens (including phenoxy) is 1. The molecule has 0 atom stereocenters. The van der Waals surface area contributed by atoms with Crippen LogP contribution in [0.4, 0.5) is 0 Å². The molecule has 2 aromatic carbocycles. The molecule has 4 rings (SSSR count). The number of hydrogen-bond acceptors (Lipinski definition) is 6. The number of carbonyl (C=O) groups excluding carboxylic acids is 1. The molecule has 4 aromatic rings. The van der Waals surface area contributed by atoms with Gasteiger partial charge in [0.1, 0.15) is 10.7 Å². The number of aromatic nitrogens is 4. The second-order valence-electron chi connectivity index (χ2n) is 6.90. The first-order chi connectivity index (χ1) is 14.9. The van der Waals surface area contributed by atoms with Crippen LogP contribution in [-0.2, 0) is 17.9 Å². The highest BCUT2D eigenvalue weighted by Gasteiger charge is 2.23. The smallest absolute Gasteiger partial charge is 0.343 e. The maximum absolute atomic E-state index is 12.6. The van der Waals surface area contributed by atoms with E-state index in [0.29, 0.717) is 23.1 Å². The van der Waals surface area contributed by atoms with Crippen LogP contribution in [0.25, 0.3) is 11.4 Å². The first-order valence-electron chi connectivity index (χ1n) is 9.46. The van der Waals surface area contributed by atoms with E-state index >= 15 is 0 Å². The van der Waals surface area contributed by atoms with Gasteiger partial charge in [0.2, 0.25) is 5.82 Å². The van der Waals surface area contributed by atoms with Crippen molar-refractivity contribution in [3.63, 3.8) is 0 Å². The van der Waals surface area contributed by atoms with Crippen molar-refractivity contribution in [3.05, 3.63) is 87.0 Å². The Morgan fingerprint density at radius 3 is 2.61 bits per heavy atom. The lowest BCUT2D eigenvalue weighted by Crippen LogP contribution is -2.07. The lowest BCUT2D eigenvalue weighted by molar-refractivity contribution is 0.0429. The third-order valence-electron chi connectivity index (χ3n) is 4.73. The van der Waals surface area contributed by atoms with Crippen LogP contribution in [-0.4, -0.2) is 25.9 Å². The van der Waals surface area contributed by atoms with Gasteiger partial charge in [-0.1, -0.05) is 70.8 Å². The number of aryl methyl sites for hydroxylation is 2. The fraction of sp³-hybridized carbons (Fsp3) is 0.182. The Balaban J connectivity index is 1.47. The Morgan fingerprint density at radius 1 is 1.10 bits per heavy atom. The van der Waals surface area contributed by atoms with Gasteiger partial charge in [0.25, 0.3) is 5.89 Å². The molecular weight excluding hydrogens is 439 g/mol. The molecule has 0 N–H and O–H groups in total. The second kappa shape index (κ2) is 8.91. The van der Waals surface area contributed by atoms with E-state index in [4.69, 9.17) is 32.5 Å². The monoisotopic (exact) mass is 456 g/mol. The van der Waals surface area contributed by atoms with E-state index in [-0.39, 0.29) is 23.2 Å². The molecule has 0 radical (unpaired) electrons. The summed E-state index contributed by atoms with van der Waals surface area (Å²) in [6.07, 6.45) is 0. The Morgan fingerprint density at radius 2 is 1.84 bits per heavy atom. The van der Waals surface area contributed by atoms with Crippen molar-refractivity contribution in [1.29, 1.82) is 0 Å². The highest BCUT2D eigenvalue weighted by molar-refractivity contribution is 6.33. The zero-order chi connectivity index (χ0) is 22.0. The molecule has 0 saturated heterocycles. The zero-order valence-electron chi connectivity index (χ0n) is 16.8. The molecule has 0 aliphatic heterocycles. The van der Waals surface area contributed by atoms with E-state index in [1.807, 2.05) is 49.4 Å². The van der Waals surface area contributed by atoms with Crippen molar-refractivity contribution in [2.24, 2.45) is 0 Å². The number of benzene rings is 2. The van der Waals surface area contributed by atoms with Gasteiger partial charge in [-0.3, -0.25) is 0 Å². The van der Waals surface area contributed by atoms with Crippen LogP contribution >= 0.6 is 23.2 Å². The van der Waals surface area contributed by atoms with Gasteiger partial charge in [0, 0.05) is 10.6 Å². The Labute approximate surface area is 188 Å². The van der Waals surface area contributed by atoms with E-state index in [2.05, 4.69) is 15.2 Å². The van der Waals surface area contributed by atoms with Crippen LogP contribution in [0.1, 0.15) is 33.1 Å². The summed E-state index contributed by atoms with van der Waals surface area (Å²) in [7, 11) is 0. The average Bonchev–Trinajstić information content (AvgIpc) is 3.33. The highest BCUT2D eigenvalue weighted by atomic mass is 35.5. The number of hydrogen-bond donors (Lipinski definition) is 0. The molecule has 2 aromatic heterocycles. The fourth-order valence-corrected chi connectivity index (χ4v) is 3.63. The topological polar surface area (TPSA) is 83.0 Å². The third-order valence-corrected chi connectivity index (χ3v) is 5.48. The molecule has 0 unspecified atom stereocenters. The normalized spacial score (nSPS) is 11.0. The van der Waals surface area contributed by atoms with E-state index in [1.54, 1.807) is 13.0 Å². The quantitative estimate of drug-likeness (QED) is 0.367. The second-order valence-corrected chi connectivity index (χ2v) is 7.67. The predicted molar refractivity (Wildman–Crippen MR) is 116 cm³/mol. The maximum atomic E-state index is 12.6. The van der Waals surface area contributed by atoms with Gasteiger partial charge in [0.05, 0.1) is 12.2 Å². The third kappa shape index (κ3) is 4.47. The van der Waals surface area contributed by atoms with Crippen LogP contribution < -0.4 is 0 Å². The summed E-state index contributed by atoms with van der Waals surface area (Å²) in [5.41, 5.74) is 3.34. The first kappa shape index (κ1) is 21.1. The van der Waals surface area contributed by atoms with Gasteiger partial charge >= 0.3 is 5.97 Å². The predicted octanol–water partition coefficient (Wildman–Crippen LogP) is 5.26. The van der Waals surface area contributed by atoms with E-state index in [9.17, 15) is 4.79 Å². The SMILES string of the molecule is Cc1ccccc1-c1noc(COC(=O)c2c(C)nn(Cc3ccccc3Cl)c2Cl)n1. The largest absolute Gasteiger partial charge is 0.452 e. The molecule has 0 spiro atoms. The number of carbonyl (C=O) groups is 1. The van der Waals surface area contributed by atoms with Crippen molar-refractivity contribution < 1.29 is 14.1 Å². The van der Waals surface area contributed by atoms with Gasteiger partial charge in [0.15, 0.2) is 6.61 Å². The molecule has 7 nitrogen and oxygen atoms in total. The molecule has 0 aliphatic rings. The molecule has 2 heterocycles. The number of esters is 1. The van der Waals surface area contributed by atoms with Crippen molar-refractivity contribution in [3.8, 4) is 11.4 Å². The van der Waals surface area contributed by atoms with Gasteiger partial charge in [-0.25, -0.2) is 9.48 Å². The van der Waals surface area contributed by atoms with Crippen molar-refractivity contribution in [2.45, 2.75) is 27.0 Å². The summed E-state index contributed by atoms with van der Waals surface area (Å²) < 4.78 is 12.1. The molecule has 0 saturated carbocycles. The Kier molecular flexibility index (Phi) is 6.06. The van der Waals surface area contributed by atoms with Crippen molar-refractivity contribution in [1.82, 2.24) is 19.9 Å². The molecule has 0 fully saturated rings. The minimum absolute atomic E-state index is 0.175. The van der Waals surface area contributed by atoms with Crippen molar-refractivity contribution >= 4 is 29.2 Å². The highest BCUT2D eigenvalue weighted by Crippen LogP contribution is 2.25. The van der Waals surface area contributed by atoms with Gasteiger partial charge in [-0.15, -0.1) is 0 Å². The minimum Gasteiger partial charge on any atom is -0.452 e. The maximum Gasteiger partial charge on any atom is 0.343 e. The standard InChI is InChI=1S/C22H18Cl2N4O3/c1-13-7-3-5-9-16(13)21-25-18(31-27-21)12-30-22(29)19-14(2)26-28(20(19)24)11-15-8-4-6-10-17(15)23/h3-10H,11-12H2,1-2H3. The van der Waals surface area contributed by atoms with Crippen LogP contribution in [0.3, 0.4) is 0 Å². The Hall–Kier alpha value is -3.16. The Bertz CT molecular complexity index is 1250. The van der Waals surface area contributed by atoms with Gasteiger partial charge in [-0.05, 0) is 31.0 Å². The summed E-state index contributed by atoms with van der Waals surface area (Å²) in [6, 6.07) is 15.0. The van der Waals surface area contributed by atoms with Crippen LogP contribution in [0.15, 0.2) is 53.1 Å². The summed E-state index contributed by atoms with van der Waals surface area (Å²) in [4.78, 5) is 16.9. The van der Waals surface area contributed by atoms with Crippen LogP contribution in [0.2, 0.25) is 10.2 Å². The minimum atomic E-state index is -0.622. The molecule has 0 amide bonds. The van der Waals surface area contributed by atoms with E-state index in [0.717, 1.165) is 16.7 Å². The van der Waals surface area contributed by atoms with Crippen LogP contribution in [0.5, 0.6) is 0 Å². The number of rotatable bonds is 6. The average molecular weight is 457 g/mol. The summed E-state index contributed by atoms with van der Waals surface area (Å²) >= 11 is 12.6. The molecule has 0 aliphatic carbocycles. The molecule has 9 heteroatoms. The summed E-state index contributed by atoms with van der Waals surface area (Å²) in [6.45, 7) is 3.80.